The van der Waals surface area contributed by atoms with Gasteiger partial charge >= 0.3 is 0 Å². The molecular formula is C16H18O4S. The van der Waals surface area contributed by atoms with Crippen LogP contribution in [0.2, 0.25) is 0 Å². The predicted molar refractivity (Wildman–Crippen MR) is 80.5 cm³/mol. The molecule has 1 atom stereocenters. The highest BCUT2D eigenvalue weighted by Crippen LogP contribution is 2.20. The van der Waals surface area contributed by atoms with Crippen LogP contribution in [0.5, 0.6) is 0 Å². The molecule has 0 aromatic heterocycles. The number of hydrogen-bond acceptors (Lipinski definition) is 4. The van der Waals surface area contributed by atoms with Crippen molar-refractivity contribution < 1.29 is 17.3 Å². The van der Waals surface area contributed by atoms with Gasteiger partial charge in [-0.2, -0.15) is 8.42 Å². The lowest BCUT2D eigenvalue weighted by Gasteiger charge is -2.15. The molecule has 112 valence electrons. The Morgan fingerprint density at radius 3 is 2.19 bits per heavy atom. The Morgan fingerprint density at radius 1 is 1.00 bits per heavy atom. The van der Waals surface area contributed by atoms with E-state index >= 15 is 0 Å². The van der Waals surface area contributed by atoms with Gasteiger partial charge in [0.1, 0.15) is 6.10 Å². The number of hydrogen-bond donors (Lipinski definition) is 0. The molecule has 0 spiro atoms. The summed E-state index contributed by atoms with van der Waals surface area (Å²) in [5.41, 5.74) is 1.87. The maximum absolute atomic E-state index is 12.1. The van der Waals surface area contributed by atoms with Crippen molar-refractivity contribution in [1.29, 1.82) is 0 Å². The molecule has 2 rings (SSSR count). The second kappa shape index (κ2) is 6.85. The Kier molecular flexibility index (Phi) is 5.12. The summed E-state index contributed by atoms with van der Waals surface area (Å²) in [5.74, 6) is 0. The van der Waals surface area contributed by atoms with Crippen LogP contribution in [-0.2, 0) is 19.0 Å². The SMILES string of the molecule is CO[C@@H](COS(=O)(=O)c1ccc(C)cc1)c1ccccc1. The largest absolute Gasteiger partial charge is 0.374 e. The Hall–Kier alpha value is -1.69. The summed E-state index contributed by atoms with van der Waals surface area (Å²) in [6.07, 6.45) is -0.425. The van der Waals surface area contributed by atoms with E-state index in [1.165, 1.54) is 19.2 Å². The number of ether oxygens (including phenoxy) is 1. The molecule has 0 aliphatic carbocycles. The zero-order valence-electron chi connectivity index (χ0n) is 12.0. The summed E-state index contributed by atoms with van der Waals surface area (Å²) in [5, 5.41) is 0. The molecule has 0 bridgehead atoms. The van der Waals surface area contributed by atoms with Gasteiger partial charge in [0.05, 0.1) is 11.5 Å². The van der Waals surface area contributed by atoms with Gasteiger partial charge in [-0.1, -0.05) is 48.0 Å². The van der Waals surface area contributed by atoms with E-state index in [0.29, 0.717) is 0 Å². The van der Waals surface area contributed by atoms with E-state index in [2.05, 4.69) is 0 Å². The summed E-state index contributed by atoms with van der Waals surface area (Å²) in [6.45, 7) is 1.84. The van der Waals surface area contributed by atoms with Crippen LogP contribution in [-0.4, -0.2) is 22.1 Å². The van der Waals surface area contributed by atoms with Crippen molar-refractivity contribution in [1.82, 2.24) is 0 Å². The number of benzene rings is 2. The molecule has 2 aromatic rings. The second-order valence-electron chi connectivity index (χ2n) is 4.69. The molecule has 0 unspecified atom stereocenters. The molecule has 2 aromatic carbocycles. The molecule has 0 amide bonds. The van der Waals surface area contributed by atoms with Crippen molar-refractivity contribution in [3.05, 3.63) is 65.7 Å². The van der Waals surface area contributed by atoms with Crippen LogP contribution in [0.3, 0.4) is 0 Å². The molecule has 0 aliphatic heterocycles. The van der Waals surface area contributed by atoms with Crippen LogP contribution in [0.4, 0.5) is 0 Å². The summed E-state index contributed by atoms with van der Waals surface area (Å²) in [4.78, 5) is 0.149. The minimum absolute atomic E-state index is 0.0588. The maximum Gasteiger partial charge on any atom is 0.297 e. The van der Waals surface area contributed by atoms with Crippen LogP contribution in [0.1, 0.15) is 17.2 Å². The smallest absolute Gasteiger partial charge is 0.297 e. The second-order valence-corrected chi connectivity index (χ2v) is 6.30. The van der Waals surface area contributed by atoms with Crippen LogP contribution < -0.4 is 0 Å². The zero-order chi connectivity index (χ0) is 15.3. The molecule has 0 saturated heterocycles. The molecule has 5 heteroatoms. The molecule has 0 heterocycles. The van der Waals surface area contributed by atoms with Gasteiger partial charge in [0.2, 0.25) is 0 Å². The topological polar surface area (TPSA) is 52.6 Å². The van der Waals surface area contributed by atoms with Crippen molar-refractivity contribution in [2.24, 2.45) is 0 Å². The Balaban J connectivity index is 2.08. The molecule has 0 saturated carbocycles. The standard InChI is InChI=1S/C16H18O4S/c1-13-8-10-15(11-9-13)21(17,18)20-12-16(19-2)14-6-4-3-5-7-14/h3-11,16H,12H2,1-2H3/t16-/m0/s1. The third-order valence-corrected chi connectivity index (χ3v) is 4.44. The predicted octanol–water partition coefficient (Wildman–Crippen LogP) is 3.09. The number of aryl methyl sites for hydroxylation is 1. The highest BCUT2D eigenvalue weighted by atomic mass is 32.2. The van der Waals surface area contributed by atoms with Gasteiger partial charge in [-0.15, -0.1) is 0 Å². The normalized spacial score (nSPS) is 13.0. The molecule has 0 N–H and O–H groups in total. The van der Waals surface area contributed by atoms with Gasteiger partial charge in [-0.25, -0.2) is 0 Å². The van der Waals surface area contributed by atoms with Gasteiger partial charge in [0, 0.05) is 7.11 Å². The van der Waals surface area contributed by atoms with Crippen LogP contribution in [0.25, 0.3) is 0 Å². The number of rotatable bonds is 6. The van der Waals surface area contributed by atoms with Crippen molar-refractivity contribution >= 4 is 10.1 Å². The van der Waals surface area contributed by atoms with E-state index in [-0.39, 0.29) is 11.5 Å². The highest BCUT2D eigenvalue weighted by molar-refractivity contribution is 7.86. The molecule has 0 aliphatic rings. The quantitative estimate of drug-likeness (QED) is 0.770. The average molecular weight is 306 g/mol. The first kappa shape index (κ1) is 15.7. The first-order chi connectivity index (χ1) is 10.0. The van der Waals surface area contributed by atoms with E-state index in [9.17, 15) is 8.42 Å². The van der Waals surface area contributed by atoms with E-state index in [4.69, 9.17) is 8.92 Å². The van der Waals surface area contributed by atoms with E-state index in [1.54, 1.807) is 12.1 Å². The molecule has 21 heavy (non-hydrogen) atoms. The van der Waals surface area contributed by atoms with E-state index in [0.717, 1.165) is 11.1 Å². The van der Waals surface area contributed by atoms with Crippen LogP contribution in [0.15, 0.2) is 59.5 Å². The van der Waals surface area contributed by atoms with Crippen molar-refractivity contribution in [2.75, 3.05) is 13.7 Å². The Bertz CT molecular complexity index is 663. The third kappa shape index (κ3) is 4.14. The van der Waals surface area contributed by atoms with Crippen LogP contribution in [0, 0.1) is 6.92 Å². The third-order valence-electron chi connectivity index (χ3n) is 3.14. The van der Waals surface area contributed by atoms with Gasteiger partial charge in [-0.05, 0) is 24.6 Å². The fourth-order valence-corrected chi connectivity index (χ4v) is 2.80. The average Bonchev–Trinajstić information content (AvgIpc) is 2.49. The van der Waals surface area contributed by atoms with Crippen LogP contribution >= 0.6 is 0 Å². The summed E-state index contributed by atoms with van der Waals surface area (Å²) >= 11 is 0. The van der Waals surface area contributed by atoms with Gasteiger partial charge in [0.15, 0.2) is 0 Å². The lowest BCUT2D eigenvalue weighted by atomic mass is 10.1. The Morgan fingerprint density at radius 2 is 1.62 bits per heavy atom. The fraction of sp³-hybridized carbons (Fsp3) is 0.250. The first-order valence-corrected chi connectivity index (χ1v) is 7.97. The van der Waals surface area contributed by atoms with Gasteiger partial charge < -0.3 is 4.74 Å². The van der Waals surface area contributed by atoms with Crippen molar-refractivity contribution in [3.63, 3.8) is 0 Å². The summed E-state index contributed by atoms with van der Waals surface area (Å²) in [7, 11) is -2.24. The molecule has 4 nitrogen and oxygen atoms in total. The summed E-state index contributed by atoms with van der Waals surface area (Å²) in [6, 6.07) is 15.9. The monoisotopic (exact) mass is 306 g/mol. The lowest BCUT2D eigenvalue weighted by Crippen LogP contribution is -2.15. The van der Waals surface area contributed by atoms with E-state index < -0.39 is 16.2 Å². The van der Waals surface area contributed by atoms with Crippen molar-refractivity contribution in [2.45, 2.75) is 17.9 Å². The zero-order valence-corrected chi connectivity index (χ0v) is 12.8. The Labute approximate surface area is 125 Å². The molecule has 0 fully saturated rings. The van der Waals surface area contributed by atoms with E-state index in [1.807, 2.05) is 37.3 Å². The first-order valence-electron chi connectivity index (χ1n) is 6.57. The lowest BCUT2D eigenvalue weighted by molar-refractivity contribution is 0.0598. The summed E-state index contributed by atoms with van der Waals surface area (Å²) < 4.78 is 34.6. The van der Waals surface area contributed by atoms with Crippen molar-refractivity contribution in [3.8, 4) is 0 Å². The molecular weight excluding hydrogens is 288 g/mol. The van der Waals surface area contributed by atoms with Gasteiger partial charge in [0.25, 0.3) is 10.1 Å². The molecule has 0 radical (unpaired) electrons. The minimum Gasteiger partial charge on any atom is -0.374 e. The maximum atomic E-state index is 12.1. The highest BCUT2D eigenvalue weighted by Gasteiger charge is 2.19. The van der Waals surface area contributed by atoms with Gasteiger partial charge in [-0.3, -0.25) is 4.18 Å². The fourth-order valence-electron chi connectivity index (χ4n) is 1.89. The number of methoxy groups -OCH3 is 1. The minimum atomic E-state index is -3.77.